The zero-order valence-electron chi connectivity index (χ0n) is 14.1. The molecule has 1 aliphatic heterocycles. The lowest BCUT2D eigenvalue weighted by Gasteiger charge is -2.31. The summed E-state index contributed by atoms with van der Waals surface area (Å²) in [6, 6.07) is 6.14. The third-order valence-electron chi connectivity index (χ3n) is 4.75. The molecule has 3 heterocycles. The second kappa shape index (κ2) is 6.40. The van der Waals surface area contributed by atoms with Gasteiger partial charge in [-0.2, -0.15) is 5.10 Å². The average molecular weight is 341 g/mol. The van der Waals surface area contributed by atoms with Gasteiger partial charge in [0.25, 0.3) is 0 Å². The Morgan fingerprint density at radius 2 is 2.28 bits per heavy atom. The molecular weight excluding hydrogens is 321 g/mol. The van der Waals surface area contributed by atoms with E-state index in [1.165, 1.54) is 6.07 Å². The van der Waals surface area contributed by atoms with Gasteiger partial charge < -0.3 is 4.98 Å². The topological polar surface area (TPSA) is 77.7 Å². The number of likely N-dealkylation sites (tertiary alicyclic amines) is 1. The van der Waals surface area contributed by atoms with Gasteiger partial charge in [-0.3, -0.25) is 14.8 Å². The molecule has 0 radical (unpaired) electrons. The molecule has 3 aromatic rings. The maximum atomic E-state index is 14.0. The van der Waals surface area contributed by atoms with Crippen molar-refractivity contribution in [1.29, 1.82) is 0 Å². The third kappa shape index (κ3) is 3.19. The van der Waals surface area contributed by atoms with Crippen LogP contribution in [0.1, 0.15) is 36.1 Å². The normalized spacial score (nSPS) is 18.7. The van der Waals surface area contributed by atoms with Gasteiger partial charge in [-0.25, -0.2) is 9.37 Å². The van der Waals surface area contributed by atoms with Crippen molar-refractivity contribution < 1.29 is 4.39 Å². The van der Waals surface area contributed by atoms with Gasteiger partial charge in [0.2, 0.25) is 0 Å². The number of hydrogen-bond donors (Lipinski definition) is 2. The van der Waals surface area contributed by atoms with Crippen molar-refractivity contribution >= 4 is 10.9 Å². The number of fused-ring (bicyclic) bond motifs is 1. The molecule has 1 unspecified atom stereocenters. The molecule has 0 aliphatic carbocycles. The van der Waals surface area contributed by atoms with Crippen molar-refractivity contribution in [2.24, 2.45) is 0 Å². The average Bonchev–Trinajstić information content (AvgIpc) is 3.03. The fraction of sp³-hybridized carbons (Fsp3) is 0.389. The van der Waals surface area contributed by atoms with E-state index in [-0.39, 0.29) is 16.9 Å². The van der Waals surface area contributed by atoms with Crippen LogP contribution in [0.25, 0.3) is 10.9 Å². The Labute approximate surface area is 144 Å². The van der Waals surface area contributed by atoms with Crippen LogP contribution in [0.15, 0.2) is 29.1 Å². The molecule has 1 aromatic carbocycles. The summed E-state index contributed by atoms with van der Waals surface area (Å²) in [5, 5.41) is 7.56. The molecule has 1 aliphatic rings. The van der Waals surface area contributed by atoms with Gasteiger partial charge in [0.1, 0.15) is 11.6 Å². The predicted octanol–water partition coefficient (Wildman–Crippen LogP) is 2.47. The van der Waals surface area contributed by atoms with Crippen LogP contribution in [0.5, 0.6) is 0 Å². The fourth-order valence-corrected chi connectivity index (χ4v) is 3.57. The summed E-state index contributed by atoms with van der Waals surface area (Å²) >= 11 is 0. The first-order chi connectivity index (χ1) is 12.1. The zero-order valence-corrected chi connectivity index (χ0v) is 14.1. The summed E-state index contributed by atoms with van der Waals surface area (Å²) in [4.78, 5) is 22.0. The lowest BCUT2D eigenvalue weighted by atomic mass is 9.97. The van der Waals surface area contributed by atoms with Crippen molar-refractivity contribution in [2.75, 3.05) is 13.1 Å². The number of nitrogens with zero attached hydrogens (tertiary/aromatic N) is 3. The van der Waals surface area contributed by atoms with E-state index in [4.69, 9.17) is 0 Å². The largest absolute Gasteiger partial charge is 0.355 e. The Kier molecular flexibility index (Phi) is 4.09. The van der Waals surface area contributed by atoms with E-state index in [0.29, 0.717) is 11.9 Å². The highest BCUT2D eigenvalue weighted by Crippen LogP contribution is 2.25. The Bertz CT molecular complexity index is 963. The Hall–Kier alpha value is -2.54. The summed E-state index contributed by atoms with van der Waals surface area (Å²) in [6.45, 7) is 4.25. The maximum Gasteiger partial charge on any atom is 0.189 e. The fourth-order valence-electron chi connectivity index (χ4n) is 3.57. The summed E-state index contributed by atoms with van der Waals surface area (Å²) in [5.74, 6) is 1.55. The van der Waals surface area contributed by atoms with Crippen LogP contribution in [0, 0.1) is 12.7 Å². The van der Waals surface area contributed by atoms with Crippen LogP contribution in [0.4, 0.5) is 4.39 Å². The minimum atomic E-state index is -0.399. The summed E-state index contributed by atoms with van der Waals surface area (Å²) in [6.07, 6.45) is 2.10. The number of para-hydroxylation sites is 1. The van der Waals surface area contributed by atoms with Crippen LogP contribution in [0.2, 0.25) is 0 Å². The number of halogens is 1. The van der Waals surface area contributed by atoms with E-state index in [9.17, 15) is 9.18 Å². The van der Waals surface area contributed by atoms with E-state index in [1.807, 2.05) is 6.92 Å². The van der Waals surface area contributed by atoms with E-state index in [0.717, 1.165) is 43.3 Å². The first-order valence-corrected chi connectivity index (χ1v) is 8.52. The smallest absolute Gasteiger partial charge is 0.189 e. The summed E-state index contributed by atoms with van der Waals surface area (Å²) < 4.78 is 14.0. The number of nitrogens with one attached hydrogen (secondary N) is 2. The molecule has 7 heteroatoms. The number of benzene rings is 1. The van der Waals surface area contributed by atoms with Crippen molar-refractivity contribution in [3.8, 4) is 0 Å². The molecule has 0 amide bonds. The molecule has 2 aromatic heterocycles. The molecular formula is C18H20FN5O. The van der Waals surface area contributed by atoms with E-state index >= 15 is 0 Å². The number of pyridine rings is 1. The monoisotopic (exact) mass is 341 g/mol. The standard InChI is InChI=1S/C18H20FN5O/c1-11-20-18(23-22-11)12-4-3-7-24(9-12)10-13-8-16(25)14-5-2-6-15(19)17(14)21-13/h2,5-6,8,12H,3-4,7,9-10H2,1H3,(H,21,25)(H,20,22,23). The lowest BCUT2D eigenvalue weighted by molar-refractivity contribution is 0.195. The second-order valence-electron chi connectivity index (χ2n) is 6.67. The van der Waals surface area contributed by atoms with E-state index in [2.05, 4.69) is 25.1 Å². The molecule has 0 saturated carbocycles. The van der Waals surface area contributed by atoms with E-state index in [1.54, 1.807) is 18.2 Å². The van der Waals surface area contributed by atoms with Gasteiger partial charge in [0.05, 0.1) is 5.52 Å². The molecule has 0 spiro atoms. The minimum absolute atomic E-state index is 0.151. The molecule has 6 nitrogen and oxygen atoms in total. The van der Waals surface area contributed by atoms with Gasteiger partial charge in [0.15, 0.2) is 11.3 Å². The van der Waals surface area contributed by atoms with Crippen molar-refractivity contribution in [1.82, 2.24) is 25.1 Å². The molecule has 1 saturated heterocycles. The van der Waals surface area contributed by atoms with Gasteiger partial charge >= 0.3 is 0 Å². The number of aryl methyl sites for hydroxylation is 1. The van der Waals surface area contributed by atoms with Crippen molar-refractivity contribution in [3.05, 3.63) is 57.6 Å². The van der Waals surface area contributed by atoms with Crippen LogP contribution >= 0.6 is 0 Å². The maximum absolute atomic E-state index is 14.0. The number of piperidine rings is 1. The van der Waals surface area contributed by atoms with Crippen LogP contribution in [0.3, 0.4) is 0 Å². The van der Waals surface area contributed by atoms with Gasteiger partial charge in [-0.05, 0) is 38.4 Å². The number of aromatic nitrogens is 4. The van der Waals surface area contributed by atoms with Crippen molar-refractivity contribution in [3.63, 3.8) is 0 Å². The molecule has 1 fully saturated rings. The number of hydrogen-bond acceptors (Lipinski definition) is 4. The Morgan fingerprint density at radius 1 is 1.40 bits per heavy atom. The first-order valence-electron chi connectivity index (χ1n) is 8.52. The summed E-state index contributed by atoms with van der Waals surface area (Å²) in [5.41, 5.74) is 0.860. The quantitative estimate of drug-likeness (QED) is 0.767. The predicted molar refractivity (Wildman–Crippen MR) is 92.9 cm³/mol. The Morgan fingerprint density at radius 3 is 3.08 bits per heavy atom. The van der Waals surface area contributed by atoms with Gasteiger partial charge in [-0.15, -0.1) is 0 Å². The number of rotatable bonds is 3. The molecule has 2 N–H and O–H groups in total. The molecule has 4 rings (SSSR count). The van der Waals surface area contributed by atoms with Crippen molar-refractivity contribution in [2.45, 2.75) is 32.2 Å². The SMILES string of the molecule is Cc1nc(C2CCCN(Cc3cc(=O)c4cccc(F)c4[nH]3)C2)n[nH]1. The van der Waals surface area contributed by atoms with E-state index < -0.39 is 5.82 Å². The highest BCUT2D eigenvalue weighted by molar-refractivity contribution is 5.78. The zero-order chi connectivity index (χ0) is 17.4. The van der Waals surface area contributed by atoms with Gasteiger partial charge in [0, 0.05) is 36.2 Å². The first kappa shape index (κ1) is 16.0. The molecule has 1 atom stereocenters. The number of aromatic amines is 2. The highest BCUT2D eigenvalue weighted by Gasteiger charge is 2.24. The summed E-state index contributed by atoms with van der Waals surface area (Å²) in [7, 11) is 0. The minimum Gasteiger partial charge on any atom is -0.355 e. The number of H-pyrrole nitrogens is 2. The van der Waals surface area contributed by atoms with Crippen LogP contribution in [-0.4, -0.2) is 38.2 Å². The third-order valence-corrected chi connectivity index (χ3v) is 4.75. The van der Waals surface area contributed by atoms with Gasteiger partial charge in [-0.1, -0.05) is 6.07 Å². The highest BCUT2D eigenvalue weighted by atomic mass is 19.1. The molecule has 130 valence electrons. The molecule has 0 bridgehead atoms. The second-order valence-corrected chi connectivity index (χ2v) is 6.67. The van der Waals surface area contributed by atoms with Crippen LogP contribution < -0.4 is 5.43 Å². The van der Waals surface area contributed by atoms with Crippen LogP contribution in [-0.2, 0) is 6.54 Å². The Balaban J connectivity index is 1.56. The lowest BCUT2D eigenvalue weighted by Crippen LogP contribution is -2.34. The molecule has 25 heavy (non-hydrogen) atoms.